The highest BCUT2D eigenvalue weighted by Crippen LogP contribution is 2.46. The smallest absolute Gasteiger partial charge is 0.241 e. The number of carbonyl (C=O) groups excluding carboxylic acids is 2. The summed E-state index contributed by atoms with van der Waals surface area (Å²) in [5.41, 5.74) is 2.57. The van der Waals surface area contributed by atoms with Gasteiger partial charge in [0.15, 0.2) is 0 Å². The van der Waals surface area contributed by atoms with Crippen molar-refractivity contribution in [3.8, 4) is 0 Å². The lowest BCUT2D eigenvalue weighted by atomic mass is 9.76. The van der Waals surface area contributed by atoms with Crippen molar-refractivity contribution < 1.29 is 9.59 Å². The van der Waals surface area contributed by atoms with Gasteiger partial charge in [-0.2, -0.15) is 0 Å². The Labute approximate surface area is 171 Å². The molecule has 0 saturated carbocycles. The van der Waals surface area contributed by atoms with Crippen LogP contribution in [-0.2, 0) is 22.6 Å². The molecule has 2 aliphatic rings. The van der Waals surface area contributed by atoms with Crippen LogP contribution in [0.3, 0.4) is 0 Å². The van der Waals surface area contributed by atoms with Crippen LogP contribution in [0.25, 0.3) is 0 Å². The summed E-state index contributed by atoms with van der Waals surface area (Å²) in [5.74, 6) is 0.312. The third-order valence-corrected chi connectivity index (χ3v) is 6.37. The first-order chi connectivity index (χ1) is 14.0. The second kappa shape index (κ2) is 8.37. The molecule has 2 amide bonds. The molecule has 0 bridgehead atoms. The second-order valence-corrected chi connectivity index (χ2v) is 8.48. The summed E-state index contributed by atoms with van der Waals surface area (Å²) >= 11 is 0. The first kappa shape index (κ1) is 19.6. The van der Waals surface area contributed by atoms with E-state index in [1.54, 1.807) is 6.33 Å². The summed E-state index contributed by atoms with van der Waals surface area (Å²) in [6.07, 6.45) is 5.68. The van der Waals surface area contributed by atoms with Crippen LogP contribution in [0.5, 0.6) is 0 Å². The molecule has 2 N–H and O–H groups in total. The van der Waals surface area contributed by atoms with Gasteiger partial charge in [0.1, 0.15) is 0 Å². The summed E-state index contributed by atoms with van der Waals surface area (Å²) < 4.78 is 0. The molecule has 0 aliphatic carbocycles. The maximum Gasteiger partial charge on any atom is 0.241 e. The molecule has 1 aromatic heterocycles. The maximum absolute atomic E-state index is 12.6. The highest BCUT2D eigenvalue weighted by atomic mass is 16.2. The highest BCUT2D eigenvalue weighted by molar-refractivity contribution is 5.84. The number of likely N-dealkylation sites (tertiary alicyclic amines) is 2. The monoisotopic (exact) mass is 395 g/mol. The minimum absolute atomic E-state index is 0.0220. The van der Waals surface area contributed by atoms with Crippen LogP contribution in [-0.4, -0.2) is 64.3 Å². The molecule has 0 spiro atoms. The second-order valence-electron chi connectivity index (χ2n) is 8.48. The molecule has 0 radical (unpaired) electrons. The number of nitrogens with one attached hydrogen (secondary N) is 2. The summed E-state index contributed by atoms with van der Waals surface area (Å²) in [4.78, 5) is 35.6. The Bertz CT molecular complexity index is 838. The number of carbonyl (C=O) groups is 2. The Morgan fingerprint density at radius 2 is 2.07 bits per heavy atom. The van der Waals surface area contributed by atoms with E-state index in [0.29, 0.717) is 5.92 Å². The van der Waals surface area contributed by atoms with Gasteiger partial charge in [-0.3, -0.25) is 14.5 Å². The zero-order valence-electron chi connectivity index (χ0n) is 16.9. The zero-order valence-corrected chi connectivity index (χ0v) is 16.9. The minimum atomic E-state index is -0.165. The third-order valence-electron chi connectivity index (χ3n) is 6.37. The van der Waals surface area contributed by atoms with Gasteiger partial charge < -0.3 is 15.2 Å². The van der Waals surface area contributed by atoms with E-state index in [-0.39, 0.29) is 23.8 Å². The van der Waals surface area contributed by atoms with Crippen molar-refractivity contribution in [1.82, 2.24) is 25.1 Å². The van der Waals surface area contributed by atoms with E-state index in [0.717, 1.165) is 51.3 Å². The van der Waals surface area contributed by atoms with Crippen LogP contribution >= 0.6 is 0 Å². The summed E-state index contributed by atoms with van der Waals surface area (Å²) in [6, 6.07) is 10.6. The molecule has 1 aromatic carbocycles. The number of aromatic amines is 1. The Morgan fingerprint density at radius 1 is 1.24 bits per heavy atom. The average molecular weight is 396 g/mol. The number of imidazole rings is 1. The quantitative estimate of drug-likeness (QED) is 0.743. The number of hydrogen-bond donors (Lipinski definition) is 2. The molecule has 2 aliphatic heterocycles. The fourth-order valence-corrected chi connectivity index (χ4v) is 4.92. The molecule has 29 heavy (non-hydrogen) atoms. The fourth-order valence-electron chi connectivity index (χ4n) is 4.92. The van der Waals surface area contributed by atoms with E-state index in [2.05, 4.69) is 44.5 Å². The molecule has 7 nitrogen and oxygen atoms in total. The van der Waals surface area contributed by atoms with Crippen LogP contribution in [0, 0.1) is 11.3 Å². The average Bonchev–Trinajstić information content (AvgIpc) is 3.40. The van der Waals surface area contributed by atoms with Crippen LogP contribution in [0.15, 0.2) is 42.9 Å². The van der Waals surface area contributed by atoms with Gasteiger partial charge in [-0.15, -0.1) is 0 Å². The molecule has 2 unspecified atom stereocenters. The summed E-state index contributed by atoms with van der Waals surface area (Å²) in [5, 5.41) is 2.65. The number of nitrogens with zero attached hydrogens (tertiary/aromatic N) is 3. The number of hydrogen-bond acceptors (Lipinski definition) is 4. The van der Waals surface area contributed by atoms with Crippen LogP contribution in [0.1, 0.15) is 24.6 Å². The number of amides is 2. The van der Waals surface area contributed by atoms with E-state index < -0.39 is 0 Å². The predicted molar refractivity (Wildman–Crippen MR) is 110 cm³/mol. The van der Waals surface area contributed by atoms with Gasteiger partial charge in [-0.05, 0) is 24.3 Å². The van der Waals surface area contributed by atoms with Crippen LogP contribution in [0.4, 0.5) is 0 Å². The van der Waals surface area contributed by atoms with Gasteiger partial charge in [-0.25, -0.2) is 4.98 Å². The molecule has 3 heterocycles. The minimum Gasteiger partial charge on any atom is -0.347 e. The molecule has 2 aromatic rings. The van der Waals surface area contributed by atoms with Crippen molar-refractivity contribution >= 4 is 11.8 Å². The normalized spacial score (nSPS) is 23.9. The van der Waals surface area contributed by atoms with Gasteiger partial charge in [0.05, 0.1) is 12.9 Å². The molecule has 2 atom stereocenters. The van der Waals surface area contributed by atoms with Crippen molar-refractivity contribution in [1.29, 1.82) is 0 Å². The first-order valence-corrected chi connectivity index (χ1v) is 10.3. The molecule has 154 valence electrons. The third kappa shape index (κ3) is 4.50. The van der Waals surface area contributed by atoms with E-state index in [4.69, 9.17) is 0 Å². The summed E-state index contributed by atoms with van der Waals surface area (Å²) in [6.45, 7) is 5.90. The lowest BCUT2D eigenvalue weighted by Crippen LogP contribution is -2.41. The zero-order chi connectivity index (χ0) is 20.3. The molecule has 7 heteroatoms. The van der Waals surface area contributed by atoms with Gasteiger partial charge in [-0.1, -0.05) is 30.3 Å². The van der Waals surface area contributed by atoms with Gasteiger partial charge in [0.2, 0.25) is 11.8 Å². The number of rotatable bonds is 7. The van der Waals surface area contributed by atoms with Crippen molar-refractivity contribution in [2.24, 2.45) is 11.3 Å². The molecule has 2 fully saturated rings. The Hall–Kier alpha value is -2.67. The van der Waals surface area contributed by atoms with Crippen LogP contribution < -0.4 is 5.32 Å². The highest BCUT2D eigenvalue weighted by Gasteiger charge is 2.52. The number of fused-ring (bicyclic) bond motifs is 1. The van der Waals surface area contributed by atoms with Crippen molar-refractivity contribution in [2.75, 3.05) is 32.7 Å². The van der Waals surface area contributed by atoms with Gasteiger partial charge >= 0.3 is 0 Å². The summed E-state index contributed by atoms with van der Waals surface area (Å²) in [7, 11) is 0. The van der Waals surface area contributed by atoms with Crippen molar-refractivity contribution in [2.45, 2.75) is 26.3 Å². The Balaban J connectivity index is 1.45. The maximum atomic E-state index is 12.6. The standard InChI is InChI=1S/C22H29N5O2/c1-17(28)24-10-21(29)27-12-19-11-26(13-20-9-23-16-25-20)14-22(19,15-27)8-7-18-5-3-2-4-6-18/h2-6,9,16,19H,7-8,10-15H2,1H3,(H,23,25)(H,24,28). The van der Waals surface area contributed by atoms with Crippen LogP contribution in [0.2, 0.25) is 0 Å². The number of H-pyrrole nitrogens is 1. The topological polar surface area (TPSA) is 81.3 Å². The van der Waals surface area contributed by atoms with E-state index in [9.17, 15) is 9.59 Å². The van der Waals surface area contributed by atoms with Crippen molar-refractivity contribution in [3.05, 3.63) is 54.1 Å². The molecule has 2 saturated heterocycles. The predicted octanol–water partition coefficient (Wildman–Crippen LogP) is 1.44. The first-order valence-electron chi connectivity index (χ1n) is 10.3. The lowest BCUT2D eigenvalue weighted by Gasteiger charge is -2.29. The van der Waals surface area contributed by atoms with E-state index in [1.165, 1.54) is 12.5 Å². The Kier molecular flexibility index (Phi) is 5.67. The fraction of sp³-hybridized carbons (Fsp3) is 0.500. The number of aromatic nitrogens is 2. The van der Waals surface area contributed by atoms with Gasteiger partial charge in [0, 0.05) is 57.0 Å². The molecular formula is C22H29N5O2. The Morgan fingerprint density at radius 3 is 2.79 bits per heavy atom. The SMILES string of the molecule is CC(=O)NCC(=O)N1CC2CN(Cc3cnc[nH]3)CC2(CCc2ccccc2)C1. The number of aryl methyl sites for hydroxylation is 1. The number of benzene rings is 1. The van der Waals surface area contributed by atoms with E-state index >= 15 is 0 Å². The molecular weight excluding hydrogens is 366 g/mol. The van der Waals surface area contributed by atoms with Crippen molar-refractivity contribution in [3.63, 3.8) is 0 Å². The largest absolute Gasteiger partial charge is 0.347 e. The molecule has 4 rings (SSSR count). The lowest BCUT2D eigenvalue weighted by molar-refractivity contribution is -0.132. The van der Waals surface area contributed by atoms with Gasteiger partial charge in [0.25, 0.3) is 0 Å². The van der Waals surface area contributed by atoms with E-state index in [1.807, 2.05) is 17.2 Å².